The van der Waals surface area contributed by atoms with Gasteiger partial charge in [0.25, 0.3) is 0 Å². The van der Waals surface area contributed by atoms with Crippen LogP contribution in [-0.2, 0) is 14.8 Å². The van der Waals surface area contributed by atoms with E-state index < -0.39 is 10.0 Å². The summed E-state index contributed by atoms with van der Waals surface area (Å²) in [7, 11) is -3.44. The molecule has 11 heteroatoms. The molecule has 1 saturated carbocycles. The monoisotopic (exact) mass is 439 g/mol. The van der Waals surface area contributed by atoms with Crippen LogP contribution in [0.3, 0.4) is 0 Å². The molecule has 0 atom stereocenters. The number of anilines is 2. The number of thioether (sulfide) groups is 1. The second-order valence-electron chi connectivity index (χ2n) is 6.76. The standard InChI is InChI=1S/C17H21N5O3S3/c23-15(11-26-17-21-20-16(27-17)19-13-3-4-13)18-12-5-7-14(8-6-12)28(24,25)22-9-1-2-10-22/h5-8,13H,1-4,9-11H2,(H,18,23)(H,19,20). The Balaban J connectivity index is 1.28. The number of nitrogens with zero attached hydrogens (tertiary/aromatic N) is 3. The Hall–Kier alpha value is -1.69. The highest BCUT2D eigenvalue weighted by Crippen LogP contribution is 2.30. The van der Waals surface area contributed by atoms with Gasteiger partial charge in [-0.05, 0) is 49.9 Å². The zero-order valence-electron chi connectivity index (χ0n) is 15.1. The van der Waals surface area contributed by atoms with Gasteiger partial charge in [0.05, 0.1) is 10.6 Å². The van der Waals surface area contributed by atoms with Crippen molar-refractivity contribution in [3.05, 3.63) is 24.3 Å². The molecule has 1 aromatic heterocycles. The van der Waals surface area contributed by atoms with Crippen molar-refractivity contribution in [3.8, 4) is 0 Å². The lowest BCUT2D eigenvalue weighted by Crippen LogP contribution is -2.27. The molecule has 1 aliphatic carbocycles. The van der Waals surface area contributed by atoms with Crippen molar-refractivity contribution in [3.63, 3.8) is 0 Å². The second-order valence-corrected chi connectivity index (χ2v) is 10.9. The lowest BCUT2D eigenvalue weighted by atomic mass is 10.3. The van der Waals surface area contributed by atoms with E-state index in [1.807, 2.05) is 0 Å². The number of nitrogens with one attached hydrogen (secondary N) is 2. The largest absolute Gasteiger partial charge is 0.357 e. The topological polar surface area (TPSA) is 104 Å². The highest BCUT2D eigenvalue weighted by molar-refractivity contribution is 8.01. The normalized spacial score (nSPS) is 17.6. The van der Waals surface area contributed by atoms with Crippen LogP contribution in [0.1, 0.15) is 25.7 Å². The maximum absolute atomic E-state index is 12.5. The van der Waals surface area contributed by atoms with Gasteiger partial charge in [-0.15, -0.1) is 10.2 Å². The minimum atomic E-state index is -3.44. The van der Waals surface area contributed by atoms with Gasteiger partial charge in [0.1, 0.15) is 0 Å². The van der Waals surface area contributed by atoms with Crippen LogP contribution in [-0.4, -0.2) is 53.7 Å². The quantitative estimate of drug-likeness (QED) is 0.609. The zero-order valence-corrected chi connectivity index (χ0v) is 17.6. The first-order valence-electron chi connectivity index (χ1n) is 9.13. The van der Waals surface area contributed by atoms with Crippen molar-refractivity contribution in [1.29, 1.82) is 0 Å². The van der Waals surface area contributed by atoms with Gasteiger partial charge in [0, 0.05) is 24.8 Å². The van der Waals surface area contributed by atoms with Crippen molar-refractivity contribution in [2.75, 3.05) is 29.5 Å². The molecular weight excluding hydrogens is 418 g/mol. The zero-order chi connectivity index (χ0) is 19.6. The number of sulfonamides is 1. The number of carbonyl (C=O) groups excluding carboxylic acids is 1. The van der Waals surface area contributed by atoms with Gasteiger partial charge in [-0.2, -0.15) is 4.31 Å². The number of carbonyl (C=O) groups is 1. The first-order valence-corrected chi connectivity index (χ1v) is 12.4. The molecular formula is C17H21N5O3S3. The molecule has 2 heterocycles. The van der Waals surface area contributed by atoms with Crippen LogP contribution in [0.4, 0.5) is 10.8 Å². The summed E-state index contributed by atoms with van der Waals surface area (Å²) in [4.78, 5) is 12.4. The molecule has 150 valence electrons. The van der Waals surface area contributed by atoms with E-state index in [0.29, 0.717) is 24.8 Å². The van der Waals surface area contributed by atoms with Crippen LogP contribution in [0.15, 0.2) is 33.5 Å². The maximum Gasteiger partial charge on any atom is 0.243 e. The average molecular weight is 440 g/mol. The summed E-state index contributed by atoms with van der Waals surface area (Å²) in [6.07, 6.45) is 4.14. The molecule has 1 aromatic carbocycles. The van der Waals surface area contributed by atoms with Crippen LogP contribution in [0, 0.1) is 0 Å². The van der Waals surface area contributed by atoms with Crippen molar-refractivity contribution in [1.82, 2.24) is 14.5 Å². The van der Waals surface area contributed by atoms with Crippen molar-refractivity contribution < 1.29 is 13.2 Å². The van der Waals surface area contributed by atoms with Crippen LogP contribution >= 0.6 is 23.1 Å². The van der Waals surface area contributed by atoms with E-state index in [-0.39, 0.29) is 16.6 Å². The third-order valence-electron chi connectivity index (χ3n) is 4.48. The molecule has 0 spiro atoms. The summed E-state index contributed by atoms with van der Waals surface area (Å²) >= 11 is 2.78. The smallest absolute Gasteiger partial charge is 0.243 e. The molecule has 28 heavy (non-hydrogen) atoms. The lowest BCUT2D eigenvalue weighted by Gasteiger charge is -2.15. The Morgan fingerprint density at radius 2 is 1.89 bits per heavy atom. The maximum atomic E-state index is 12.5. The molecule has 2 aromatic rings. The first kappa shape index (κ1) is 19.6. The first-order chi connectivity index (χ1) is 13.5. The molecule has 0 radical (unpaired) electrons. The number of aromatic nitrogens is 2. The van der Waals surface area contributed by atoms with E-state index in [1.54, 1.807) is 12.1 Å². The fraction of sp³-hybridized carbons (Fsp3) is 0.471. The summed E-state index contributed by atoms with van der Waals surface area (Å²) in [5.41, 5.74) is 0.569. The summed E-state index contributed by atoms with van der Waals surface area (Å²) in [6.45, 7) is 1.14. The van der Waals surface area contributed by atoms with Crippen LogP contribution < -0.4 is 10.6 Å². The summed E-state index contributed by atoms with van der Waals surface area (Å²) in [5.74, 6) is 0.0402. The third-order valence-corrected chi connectivity index (χ3v) is 8.38. The second kappa shape index (κ2) is 8.36. The molecule has 0 unspecified atom stereocenters. The van der Waals surface area contributed by atoms with Gasteiger partial charge < -0.3 is 10.6 Å². The highest BCUT2D eigenvalue weighted by Gasteiger charge is 2.27. The molecule has 2 fully saturated rings. The molecule has 0 bridgehead atoms. The van der Waals surface area contributed by atoms with Gasteiger partial charge in [-0.3, -0.25) is 4.79 Å². The van der Waals surface area contributed by atoms with Gasteiger partial charge >= 0.3 is 0 Å². The molecule has 2 N–H and O–H groups in total. The Labute approximate surface area is 172 Å². The minimum absolute atomic E-state index is 0.174. The average Bonchev–Trinajstić information content (AvgIpc) is 3.14. The molecule has 2 aliphatic rings. The highest BCUT2D eigenvalue weighted by atomic mass is 32.2. The molecule has 4 rings (SSSR count). The van der Waals surface area contributed by atoms with E-state index in [2.05, 4.69) is 20.8 Å². The number of amides is 1. The number of hydrogen-bond donors (Lipinski definition) is 2. The third kappa shape index (κ3) is 4.83. The minimum Gasteiger partial charge on any atom is -0.357 e. The number of benzene rings is 1. The SMILES string of the molecule is O=C(CSc1nnc(NC2CC2)s1)Nc1ccc(S(=O)(=O)N2CCCC2)cc1. The van der Waals surface area contributed by atoms with E-state index >= 15 is 0 Å². The Kier molecular flexibility index (Phi) is 5.85. The van der Waals surface area contributed by atoms with Crippen molar-refractivity contribution in [2.45, 2.75) is 41.0 Å². The fourth-order valence-electron chi connectivity index (χ4n) is 2.84. The summed E-state index contributed by atoms with van der Waals surface area (Å²) in [6, 6.07) is 6.84. The van der Waals surface area contributed by atoms with E-state index in [0.717, 1.165) is 22.3 Å². The van der Waals surface area contributed by atoms with Gasteiger partial charge in [-0.1, -0.05) is 23.1 Å². The predicted molar refractivity (Wildman–Crippen MR) is 110 cm³/mol. The van der Waals surface area contributed by atoms with Gasteiger partial charge in [-0.25, -0.2) is 8.42 Å². The predicted octanol–water partition coefficient (Wildman–Crippen LogP) is 2.63. The Morgan fingerprint density at radius 1 is 1.18 bits per heavy atom. The van der Waals surface area contributed by atoms with E-state index in [9.17, 15) is 13.2 Å². The lowest BCUT2D eigenvalue weighted by molar-refractivity contribution is -0.113. The summed E-state index contributed by atoms with van der Waals surface area (Å²) in [5, 5.41) is 15.0. The molecule has 1 saturated heterocycles. The van der Waals surface area contributed by atoms with Gasteiger partial charge in [0.2, 0.25) is 21.1 Å². The number of hydrogen-bond acceptors (Lipinski definition) is 8. The Bertz CT molecular complexity index is 935. The van der Waals surface area contributed by atoms with Crippen LogP contribution in [0.2, 0.25) is 0 Å². The Morgan fingerprint density at radius 3 is 2.57 bits per heavy atom. The fourth-order valence-corrected chi connectivity index (χ4v) is 5.99. The molecule has 1 aliphatic heterocycles. The van der Waals surface area contributed by atoms with E-state index in [1.165, 1.54) is 52.4 Å². The van der Waals surface area contributed by atoms with Gasteiger partial charge in [0.15, 0.2) is 4.34 Å². The van der Waals surface area contributed by atoms with E-state index in [4.69, 9.17) is 0 Å². The van der Waals surface area contributed by atoms with Crippen molar-refractivity contribution in [2.24, 2.45) is 0 Å². The van der Waals surface area contributed by atoms with Crippen LogP contribution in [0.5, 0.6) is 0 Å². The summed E-state index contributed by atoms with van der Waals surface area (Å²) < 4.78 is 27.3. The number of rotatable bonds is 8. The molecule has 8 nitrogen and oxygen atoms in total. The molecule has 1 amide bonds. The van der Waals surface area contributed by atoms with Crippen molar-refractivity contribution >= 4 is 49.8 Å². The van der Waals surface area contributed by atoms with Crippen LogP contribution in [0.25, 0.3) is 0 Å².